The zero-order chi connectivity index (χ0) is 23.9. The predicted octanol–water partition coefficient (Wildman–Crippen LogP) is 9.04. The Kier molecular flexibility index (Phi) is 20.9. The van der Waals surface area contributed by atoms with Crippen molar-refractivity contribution >= 4 is 0 Å². The first-order valence-corrected chi connectivity index (χ1v) is 15.1. The van der Waals surface area contributed by atoms with Crippen molar-refractivity contribution in [2.75, 3.05) is 40.9 Å². The van der Waals surface area contributed by atoms with Crippen molar-refractivity contribution in [3.8, 4) is 0 Å². The van der Waals surface area contributed by atoms with E-state index in [1.807, 2.05) is 0 Å². The van der Waals surface area contributed by atoms with Gasteiger partial charge in [-0.05, 0) is 38.5 Å². The molecule has 0 N–H and O–H groups in total. The number of quaternary nitrogens is 1. The smallest absolute Gasteiger partial charge is 0.157 e. The van der Waals surface area contributed by atoms with Crippen molar-refractivity contribution in [1.29, 1.82) is 0 Å². The predicted molar refractivity (Wildman–Crippen MR) is 145 cm³/mol. The second-order valence-corrected chi connectivity index (χ2v) is 11.8. The summed E-state index contributed by atoms with van der Waals surface area (Å²) in [4.78, 5) is 0. The molecule has 0 aromatic rings. The van der Waals surface area contributed by atoms with Crippen molar-refractivity contribution in [2.24, 2.45) is 0 Å². The molecule has 0 aromatic carbocycles. The van der Waals surface area contributed by atoms with Crippen LogP contribution in [0.25, 0.3) is 0 Å². The van der Waals surface area contributed by atoms with Crippen LogP contribution in [0.1, 0.15) is 148 Å². The molecular formula is C30H62NO2+. The Balaban J connectivity index is 1.64. The molecule has 1 aliphatic rings. The van der Waals surface area contributed by atoms with Gasteiger partial charge in [-0.3, -0.25) is 0 Å². The van der Waals surface area contributed by atoms with E-state index in [1.54, 1.807) is 0 Å². The summed E-state index contributed by atoms with van der Waals surface area (Å²) in [7, 11) is 6.90. The van der Waals surface area contributed by atoms with Gasteiger partial charge in [0.2, 0.25) is 0 Å². The zero-order valence-corrected chi connectivity index (χ0v) is 23.2. The summed E-state index contributed by atoms with van der Waals surface area (Å²) in [5.74, 6) is 0. The molecule has 1 aliphatic heterocycles. The molecule has 0 bridgehead atoms. The fourth-order valence-electron chi connectivity index (χ4n) is 4.93. The summed E-state index contributed by atoms with van der Waals surface area (Å²) in [5.41, 5.74) is 0. The first kappa shape index (κ1) is 30.9. The second kappa shape index (κ2) is 22.4. The normalized spacial score (nSPS) is 17.0. The molecule has 1 fully saturated rings. The molecule has 1 saturated heterocycles. The highest BCUT2D eigenvalue weighted by Crippen LogP contribution is 2.16. The van der Waals surface area contributed by atoms with Crippen LogP contribution in [-0.4, -0.2) is 51.7 Å². The molecule has 1 atom stereocenters. The molecule has 1 rings (SSSR count). The Labute approximate surface area is 209 Å². The summed E-state index contributed by atoms with van der Waals surface area (Å²) in [6.07, 6.45) is 32.3. The molecule has 0 amide bonds. The Morgan fingerprint density at radius 1 is 0.545 bits per heavy atom. The van der Waals surface area contributed by atoms with Crippen molar-refractivity contribution in [1.82, 2.24) is 0 Å². The average molecular weight is 469 g/mol. The van der Waals surface area contributed by atoms with E-state index < -0.39 is 0 Å². The summed E-state index contributed by atoms with van der Waals surface area (Å²) in [6, 6.07) is 0. The number of hydrogen-bond acceptors (Lipinski definition) is 2. The van der Waals surface area contributed by atoms with Gasteiger partial charge in [-0.15, -0.1) is 0 Å². The summed E-state index contributed by atoms with van der Waals surface area (Å²) < 4.78 is 12.5. The van der Waals surface area contributed by atoms with Crippen LogP contribution >= 0.6 is 0 Å². The molecule has 198 valence electrons. The molecule has 0 saturated carbocycles. The summed E-state index contributed by atoms with van der Waals surface area (Å²) in [5, 5.41) is 0. The van der Waals surface area contributed by atoms with Crippen LogP contribution in [0.4, 0.5) is 0 Å². The van der Waals surface area contributed by atoms with Crippen LogP contribution < -0.4 is 0 Å². The lowest BCUT2D eigenvalue weighted by molar-refractivity contribution is -0.870. The first-order valence-electron chi connectivity index (χ1n) is 15.1. The SMILES string of the molecule is C[N+](C)(C)CCCCCCCCCCCCCCCCCCCCCCOC1CCCCO1. The molecule has 0 aliphatic carbocycles. The Morgan fingerprint density at radius 3 is 1.30 bits per heavy atom. The summed E-state index contributed by atoms with van der Waals surface area (Å²) >= 11 is 0. The van der Waals surface area contributed by atoms with Crippen LogP contribution in [0.3, 0.4) is 0 Å². The fraction of sp³-hybridized carbons (Fsp3) is 1.00. The van der Waals surface area contributed by atoms with Gasteiger partial charge in [0.1, 0.15) is 0 Å². The lowest BCUT2D eigenvalue weighted by Gasteiger charge is -2.23. The van der Waals surface area contributed by atoms with Gasteiger partial charge in [-0.1, -0.05) is 109 Å². The number of rotatable bonds is 24. The average Bonchev–Trinajstić information content (AvgIpc) is 2.79. The van der Waals surface area contributed by atoms with Crippen molar-refractivity contribution in [3.63, 3.8) is 0 Å². The van der Waals surface area contributed by atoms with E-state index in [0.717, 1.165) is 24.1 Å². The maximum atomic E-state index is 5.81. The molecule has 33 heavy (non-hydrogen) atoms. The van der Waals surface area contributed by atoms with Crippen LogP contribution in [0.15, 0.2) is 0 Å². The number of nitrogens with zero attached hydrogens (tertiary/aromatic N) is 1. The third-order valence-corrected chi connectivity index (χ3v) is 7.16. The lowest BCUT2D eigenvalue weighted by Crippen LogP contribution is -2.35. The van der Waals surface area contributed by atoms with Gasteiger partial charge in [0.15, 0.2) is 6.29 Å². The summed E-state index contributed by atoms with van der Waals surface area (Å²) in [6.45, 7) is 3.11. The molecule has 1 heterocycles. The largest absolute Gasteiger partial charge is 0.353 e. The van der Waals surface area contributed by atoms with Gasteiger partial charge >= 0.3 is 0 Å². The highest BCUT2D eigenvalue weighted by molar-refractivity contribution is 4.55. The molecule has 0 aromatic heterocycles. The first-order chi connectivity index (χ1) is 16.1. The minimum Gasteiger partial charge on any atom is -0.353 e. The number of ether oxygens (including phenoxy) is 2. The molecule has 3 heteroatoms. The minimum atomic E-state index is 0.0986. The number of hydrogen-bond donors (Lipinski definition) is 0. The quantitative estimate of drug-likeness (QED) is 0.104. The van der Waals surface area contributed by atoms with Gasteiger partial charge in [0.05, 0.1) is 27.7 Å². The third kappa shape index (κ3) is 23.4. The molecule has 0 spiro atoms. The van der Waals surface area contributed by atoms with E-state index in [0.29, 0.717) is 0 Å². The van der Waals surface area contributed by atoms with Crippen LogP contribution in [-0.2, 0) is 9.47 Å². The van der Waals surface area contributed by atoms with Gasteiger partial charge in [0.25, 0.3) is 0 Å². The van der Waals surface area contributed by atoms with Crippen LogP contribution in [0, 0.1) is 0 Å². The minimum absolute atomic E-state index is 0.0986. The monoisotopic (exact) mass is 468 g/mol. The molecule has 0 radical (unpaired) electrons. The maximum absolute atomic E-state index is 5.81. The number of unbranched alkanes of at least 4 members (excludes halogenated alkanes) is 19. The fourth-order valence-corrected chi connectivity index (χ4v) is 4.93. The highest BCUT2D eigenvalue weighted by Gasteiger charge is 2.13. The van der Waals surface area contributed by atoms with E-state index in [-0.39, 0.29) is 6.29 Å². The van der Waals surface area contributed by atoms with Crippen LogP contribution in [0.5, 0.6) is 0 Å². The Hall–Kier alpha value is -0.120. The lowest BCUT2D eigenvalue weighted by atomic mass is 10.0. The van der Waals surface area contributed by atoms with Crippen molar-refractivity contribution in [2.45, 2.75) is 154 Å². The van der Waals surface area contributed by atoms with E-state index in [9.17, 15) is 0 Å². The van der Waals surface area contributed by atoms with E-state index in [1.165, 1.54) is 148 Å². The molecular weight excluding hydrogens is 406 g/mol. The van der Waals surface area contributed by atoms with Crippen LogP contribution in [0.2, 0.25) is 0 Å². The van der Waals surface area contributed by atoms with E-state index in [4.69, 9.17) is 9.47 Å². The van der Waals surface area contributed by atoms with Gasteiger partial charge < -0.3 is 14.0 Å². The standard InChI is InChI=1S/C30H62NO2/c1-31(2,3)27-23-20-18-16-14-12-10-8-6-4-5-7-9-11-13-15-17-19-21-24-28-32-30-26-22-25-29-33-30/h30H,4-29H2,1-3H3/q+1. The Bertz CT molecular complexity index is 387. The molecule has 3 nitrogen and oxygen atoms in total. The van der Waals surface area contributed by atoms with Gasteiger partial charge in [-0.2, -0.15) is 0 Å². The van der Waals surface area contributed by atoms with E-state index >= 15 is 0 Å². The zero-order valence-electron chi connectivity index (χ0n) is 23.2. The highest BCUT2D eigenvalue weighted by atomic mass is 16.7. The van der Waals surface area contributed by atoms with E-state index in [2.05, 4.69) is 21.1 Å². The maximum Gasteiger partial charge on any atom is 0.157 e. The Morgan fingerprint density at radius 2 is 0.939 bits per heavy atom. The van der Waals surface area contributed by atoms with Crippen molar-refractivity contribution in [3.05, 3.63) is 0 Å². The van der Waals surface area contributed by atoms with Crippen molar-refractivity contribution < 1.29 is 14.0 Å². The van der Waals surface area contributed by atoms with Gasteiger partial charge in [-0.25, -0.2) is 0 Å². The molecule has 1 unspecified atom stereocenters. The second-order valence-electron chi connectivity index (χ2n) is 11.8. The van der Waals surface area contributed by atoms with Gasteiger partial charge in [0, 0.05) is 13.2 Å². The topological polar surface area (TPSA) is 18.5 Å². The third-order valence-electron chi connectivity index (χ3n) is 7.16.